The van der Waals surface area contributed by atoms with E-state index in [9.17, 15) is 18.0 Å². The van der Waals surface area contributed by atoms with Gasteiger partial charge in [-0.05, 0) is 13.3 Å². The maximum atomic E-state index is 12.7. The van der Waals surface area contributed by atoms with Gasteiger partial charge in [0, 0.05) is 6.04 Å². The second-order valence-electron chi connectivity index (χ2n) is 5.67. The van der Waals surface area contributed by atoms with E-state index in [1.807, 2.05) is 0 Å². The molecular formula is C15H28F3NO2. The van der Waals surface area contributed by atoms with Crippen molar-refractivity contribution in [2.75, 3.05) is 0 Å². The molecule has 0 aliphatic rings. The maximum absolute atomic E-state index is 12.7. The number of hydrogen-bond donors (Lipinski definition) is 2. The number of aliphatic carboxylic acids is 1. The highest BCUT2D eigenvalue weighted by atomic mass is 19.4. The molecule has 6 heteroatoms. The zero-order chi connectivity index (χ0) is 16.3. The van der Waals surface area contributed by atoms with E-state index in [0.29, 0.717) is 6.42 Å². The van der Waals surface area contributed by atoms with Crippen molar-refractivity contribution in [3.63, 3.8) is 0 Å². The van der Waals surface area contributed by atoms with Gasteiger partial charge in [-0.25, -0.2) is 0 Å². The maximum Gasteiger partial charge on any atom is 0.404 e. The first-order valence-corrected chi connectivity index (χ1v) is 7.82. The fraction of sp³-hybridized carbons (Fsp3) is 0.933. The lowest BCUT2D eigenvalue weighted by atomic mass is 10.0. The molecule has 0 aliphatic carbocycles. The number of carbonyl (C=O) groups is 1. The van der Waals surface area contributed by atoms with Crippen LogP contribution in [0.5, 0.6) is 0 Å². The predicted molar refractivity (Wildman–Crippen MR) is 77.3 cm³/mol. The Morgan fingerprint density at radius 2 is 1.62 bits per heavy atom. The Balaban J connectivity index is 3.88. The van der Waals surface area contributed by atoms with Crippen LogP contribution in [0.2, 0.25) is 0 Å². The summed E-state index contributed by atoms with van der Waals surface area (Å²) in [6.45, 7) is 3.83. The van der Waals surface area contributed by atoms with Gasteiger partial charge in [-0.3, -0.25) is 4.79 Å². The fourth-order valence-electron chi connectivity index (χ4n) is 2.28. The van der Waals surface area contributed by atoms with Gasteiger partial charge in [0.05, 0.1) is 6.42 Å². The molecule has 0 bridgehead atoms. The molecule has 0 aromatic rings. The summed E-state index contributed by atoms with van der Waals surface area (Å²) in [5.41, 5.74) is 0. The quantitative estimate of drug-likeness (QED) is 0.521. The Bertz CT molecular complexity index is 283. The highest BCUT2D eigenvalue weighted by Gasteiger charge is 2.41. The van der Waals surface area contributed by atoms with Gasteiger partial charge in [-0.15, -0.1) is 0 Å². The molecule has 0 aliphatic heterocycles. The van der Waals surface area contributed by atoms with Gasteiger partial charge in [-0.1, -0.05) is 51.9 Å². The Hall–Kier alpha value is -0.780. The van der Waals surface area contributed by atoms with Crippen LogP contribution in [0.4, 0.5) is 13.2 Å². The van der Waals surface area contributed by atoms with E-state index in [0.717, 1.165) is 19.3 Å². The minimum Gasteiger partial charge on any atom is -0.481 e. The third-order valence-electron chi connectivity index (χ3n) is 3.50. The molecule has 2 atom stereocenters. The monoisotopic (exact) mass is 311 g/mol. The SMILES string of the molecule is CCCCCCCCCC(C)NC(CC(=O)O)C(F)(F)F. The topological polar surface area (TPSA) is 49.3 Å². The summed E-state index contributed by atoms with van der Waals surface area (Å²) < 4.78 is 38.0. The average Bonchev–Trinajstić information content (AvgIpc) is 2.35. The first kappa shape index (κ1) is 20.2. The Morgan fingerprint density at radius 3 is 2.10 bits per heavy atom. The van der Waals surface area contributed by atoms with Crippen molar-refractivity contribution in [2.45, 2.75) is 89.9 Å². The normalized spacial score (nSPS) is 14.9. The van der Waals surface area contributed by atoms with Crippen molar-refractivity contribution in [2.24, 2.45) is 0 Å². The Morgan fingerprint density at radius 1 is 1.10 bits per heavy atom. The highest BCUT2D eigenvalue weighted by Crippen LogP contribution is 2.23. The van der Waals surface area contributed by atoms with Gasteiger partial charge in [-0.2, -0.15) is 13.2 Å². The molecule has 0 rings (SSSR count). The summed E-state index contributed by atoms with van der Waals surface area (Å²) in [6.07, 6.45) is 3.04. The molecular weight excluding hydrogens is 283 g/mol. The average molecular weight is 311 g/mol. The van der Waals surface area contributed by atoms with Crippen LogP contribution < -0.4 is 5.32 Å². The van der Waals surface area contributed by atoms with Crippen LogP contribution in [0, 0.1) is 0 Å². The largest absolute Gasteiger partial charge is 0.481 e. The number of rotatable bonds is 12. The van der Waals surface area contributed by atoms with Crippen LogP contribution in [0.3, 0.4) is 0 Å². The summed E-state index contributed by atoms with van der Waals surface area (Å²) >= 11 is 0. The van der Waals surface area contributed by atoms with E-state index in [-0.39, 0.29) is 6.04 Å². The number of carboxylic acids is 1. The summed E-state index contributed by atoms with van der Waals surface area (Å²) in [4.78, 5) is 10.5. The lowest BCUT2D eigenvalue weighted by molar-refractivity contribution is -0.168. The predicted octanol–water partition coefficient (Wildman–Crippen LogP) is 4.51. The number of alkyl halides is 3. The number of halogens is 3. The van der Waals surface area contributed by atoms with Gasteiger partial charge in [0.2, 0.25) is 0 Å². The zero-order valence-electron chi connectivity index (χ0n) is 13.0. The van der Waals surface area contributed by atoms with Gasteiger partial charge in [0.15, 0.2) is 0 Å². The van der Waals surface area contributed by atoms with E-state index in [2.05, 4.69) is 12.2 Å². The minimum atomic E-state index is -4.52. The molecule has 0 saturated carbocycles. The van der Waals surface area contributed by atoms with Crippen LogP contribution in [-0.2, 0) is 4.79 Å². The van der Waals surface area contributed by atoms with Crippen molar-refractivity contribution in [3.8, 4) is 0 Å². The first-order chi connectivity index (χ1) is 9.77. The van der Waals surface area contributed by atoms with E-state index in [1.165, 1.54) is 25.7 Å². The third-order valence-corrected chi connectivity index (χ3v) is 3.50. The van der Waals surface area contributed by atoms with E-state index in [4.69, 9.17) is 5.11 Å². The van der Waals surface area contributed by atoms with Gasteiger partial charge < -0.3 is 10.4 Å². The fourth-order valence-corrected chi connectivity index (χ4v) is 2.28. The van der Waals surface area contributed by atoms with Crippen LogP contribution in [0.1, 0.15) is 71.6 Å². The molecule has 0 amide bonds. The van der Waals surface area contributed by atoms with E-state index >= 15 is 0 Å². The molecule has 21 heavy (non-hydrogen) atoms. The summed E-state index contributed by atoms with van der Waals surface area (Å²) in [5, 5.41) is 10.9. The summed E-state index contributed by atoms with van der Waals surface area (Å²) in [7, 11) is 0. The number of carboxylic acid groups (broad SMARTS) is 1. The molecule has 0 spiro atoms. The van der Waals surface area contributed by atoms with E-state index < -0.39 is 24.6 Å². The first-order valence-electron chi connectivity index (χ1n) is 7.82. The minimum absolute atomic E-state index is 0.327. The van der Waals surface area contributed by atoms with Crippen LogP contribution >= 0.6 is 0 Å². The van der Waals surface area contributed by atoms with Gasteiger partial charge in [0.1, 0.15) is 6.04 Å². The number of hydrogen-bond acceptors (Lipinski definition) is 2. The molecule has 0 heterocycles. The van der Waals surface area contributed by atoms with Crippen molar-refractivity contribution >= 4 is 5.97 Å². The van der Waals surface area contributed by atoms with Crippen molar-refractivity contribution in [1.29, 1.82) is 0 Å². The van der Waals surface area contributed by atoms with Crippen LogP contribution in [0.15, 0.2) is 0 Å². The lowest BCUT2D eigenvalue weighted by Gasteiger charge is -2.24. The molecule has 0 radical (unpaired) electrons. The number of nitrogens with one attached hydrogen (secondary N) is 1. The second-order valence-corrected chi connectivity index (χ2v) is 5.67. The van der Waals surface area contributed by atoms with Crippen LogP contribution in [-0.4, -0.2) is 29.3 Å². The van der Waals surface area contributed by atoms with Crippen molar-refractivity contribution < 1.29 is 23.1 Å². The van der Waals surface area contributed by atoms with E-state index in [1.54, 1.807) is 6.92 Å². The lowest BCUT2D eigenvalue weighted by Crippen LogP contribution is -2.47. The third kappa shape index (κ3) is 11.5. The van der Waals surface area contributed by atoms with Crippen molar-refractivity contribution in [3.05, 3.63) is 0 Å². The molecule has 0 fully saturated rings. The molecule has 2 N–H and O–H groups in total. The van der Waals surface area contributed by atoms with Gasteiger partial charge in [0.25, 0.3) is 0 Å². The molecule has 0 aromatic heterocycles. The molecule has 0 aromatic carbocycles. The summed E-state index contributed by atoms with van der Waals surface area (Å²) in [5.74, 6) is -1.44. The highest BCUT2D eigenvalue weighted by molar-refractivity contribution is 5.67. The summed E-state index contributed by atoms with van der Waals surface area (Å²) in [6, 6.07) is -2.29. The zero-order valence-corrected chi connectivity index (χ0v) is 13.0. The van der Waals surface area contributed by atoms with Crippen molar-refractivity contribution in [1.82, 2.24) is 5.32 Å². The standard InChI is InChI=1S/C15H28F3NO2/c1-3-4-5-6-7-8-9-10-12(2)19-13(11-14(20)21)15(16,17)18/h12-13,19H,3-11H2,1-2H3,(H,20,21). The molecule has 0 saturated heterocycles. The van der Waals surface area contributed by atoms with Gasteiger partial charge >= 0.3 is 12.1 Å². The molecule has 3 nitrogen and oxygen atoms in total. The van der Waals surface area contributed by atoms with Crippen LogP contribution in [0.25, 0.3) is 0 Å². The smallest absolute Gasteiger partial charge is 0.404 e. The number of unbranched alkanes of at least 4 members (excludes halogenated alkanes) is 6. The molecule has 2 unspecified atom stereocenters. The second kappa shape index (κ2) is 10.9. The molecule has 126 valence electrons. The Kier molecular flexibility index (Phi) is 10.5. The Labute approximate surface area is 125 Å².